The molecule has 0 radical (unpaired) electrons. The Bertz CT molecular complexity index is 877. The first-order chi connectivity index (χ1) is 15.9. The van der Waals surface area contributed by atoms with E-state index in [-0.39, 0.29) is 65.1 Å². The number of rotatable bonds is 9. The van der Waals surface area contributed by atoms with Crippen LogP contribution in [-0.4, -0.2) is 59.7 Å². The Labute approximate surface area is 202 Å². The summed E-state index contributed by atoms with van der Waals surface area (Å²) in [6, 6.07) is -0.0708. The van der Waals surface area contributed by atoms with Gasteiger partial charge in [-0.25, -0.2) is 0 Å². The lowest BCUT2D eigenvalue weighted by Gasteiger charge is -2.34. The molecule has 2 saturated heterocycles. The fourth-order valence-electron chi connectivity index (χ4n) is 5.60. The average molecular weight is 474 g/mol. The minimum atomic E-state index is -0.800. The lowest BCUT2D eigenvalue weighted by atomic mass is 9.96. The van der Waals surface area contributed by atoms with Gasteiger partial charge in [0, 0.05) is 24.9 Å². The van der Waals surface area contributed by atoms with Gasteiger partial charge in [-0.2, -0.15) is 5.26 Å². The normalized spacial score (nSPS) is 28.7. The van der Waals surface area contributed by atoms with Crippen molar-refractivity contribution < 1.29 is 19.2 Å². The summed E-state index contributed by atoms with van der Waals surface area (Å²) in [5.41, 5.74) is -0.0685. The van der Waals surface area contributed by atoms with Gasteiger partial charge in [0.2, 0.25) is 23.6 Å². The molecular formula is C25H39N5O4. The summed E-state index contributed by atoms with van der Waals surface area (Å²) in [5.74, 6) is -1.03. The predicted octanol–water partition coefficient (Wildman–Crippen LogP) is 1.19. The van der Waals surface area contributed by atoms with E-state index in [4.69, 9.17) is 0 Å². The minimum absolute atomic E-state index is 0.00562. The third-order valence-corrected chi connectivity index (χ3v) is 7.76. The van der Waals surface area contributed by atoms with Gasteiger partial charge < -0.3 is 20.9 Å². The zero-order valence-electron chi connectivity index (χ0n) is 21.2. The Hall–Kier alpha value is -2.63. The van der Waals surface area contributed by atoms with Crippen molar-refractivity contribution >= 4 is 23.6 Å². The first-order valence-electron chi connectivity index (χ1n) is 12.5. The Balaban J connectivity index is 1.76. The van der Waals surface area contributed by atoms with E-state index in [0.717, 1.165) is 0 Å². The van der Waals surface area contributed by atoms with Crippen molar-refractivity contribution in [1.29, 1.82) is 5.26 Å². The molecule has 0 aromatic rings. The topological polar surface area (TPSA) is 131 Å². The van der Waals surface area contributed by atoms with Crippen molar-refractivity contribution in [1.82, 2.24) is 20.9 Å². The number of carbonyl (C=O) groups excluding carboxylic acids is 4. The lowest BCUT2D eigenvalue weighted by molar-refractivity contribution is -0.144. The first-order valence-corrected chi connectivity index (χ1v) is 12.5. The summed E-state index contributed by atoms with van der Waals surface area (Å²) in [6.45, 7) is 12.8. The van der Waals surface area contributed by atoms with Gasteiger partial charge in [-0.3, -0.25) is 19.2 Å². The van der Waals surface area contributed by atoms with Crippen molar-refractivity contribution in [2.45, 2.75) is 78.9 Å². The highest BCUT2D eigenvalue weighted by atomic mass is 16.2. The standard InChI is InChI=1S/C25H39N5O4/c1-13(2)9-18(29-21(31)14(3)4)24(34)30-12-17-19(25(17,5)6)20(30)23(33)28-16(11-26)10-15-7-8-27-22(15)32/h13-20H,7-10,12H2,1-6H3,(H,27,32)(H,28,33)(H,29,31)/t15-,16-,17-,18-,19-,20-/m0/s1. The van der Waals surface area contributed by atoms with Crippen LogP contribution in [0.25, 0.3) is 0 Å². The van der Waals surface area contributed by atoms with Crippen LogP contribution >= 0.6 is 0 Å². The second kappa shape index (κ2) is 9.93. The van der Waals surface area contributed by atoms with Gasteiger partial charge in [-0.05, 0) is 42.4 Å². The Morgan fingerprint density at radius 3 is 2.41 bits per heavy atom. The number of likely N-dealkylation sites (tertiary alicyclic amines) is 1. The van der Waals surface area contributed by atoms with Gasteiger partial charge in [-0.1, -0.05) is 41.5 Å². The Kier molecular flexibility index (Phi) is 7.59. The molecule has 9 heteroatoms. The van der Waals surface area contributed by atoms with Crippen LogP contribution < -0.4 is 16.0 Å². The summed E-state index contributed by atoms with van der Waals surface area (Å²) in [4.78, 5) is 53.0. The quantitative estimate of drug-likeness (QED) is 0.463. The molecule has 3 aliphatic rings. The van der Waals surface area contributed by atoms with Gasteiger partial charge in [0.25, 0.3) is 0 Å². The number of fused-ring (bicyclic) bond motifs is 1. The maximum absolute atomic E-state index is 13.6. The average Bonchev–Trinajstić information content (AvgIpc) is 3.11. The molecular weight excluding hydrogens is 434 g/mol. The van der Waals surface area contributed by atoms with Crippen LogP contribution in [0, 0.1) is 46.3 Å². The molecule has 1 saturated carbocycles. The van der Waals surface area contributed by atoms with Crippen LogP contribution in [-0.2, 0) is 19.2 Å². The number of nitriles is 1. The Morgan fingerprint density at radius 1 is 1.21 bits per heavy atom. The lowest BCUT2D eigenvalue weighted by Crippen LogP contribution is -2.57. The van der Waals surface area contributed by atoms with E-state index in [1.165, 1.54) is 0 Å². The third kappa shape index (κ3) is 5.21. The summed E-state index contributed by atoms with van der Waals surface area (Å²) in [5, 5.41) is 18.1. The van der Waals surface area contributed by atoms with E-state index >= 15 is 0 Å². The van der Waals surface area contributed by atoms with E-state index < -0.39 is 18.1 Å². The zero-order chi connectivity index (χ0) is 25.4. The van der Waals surface area contributed by atoms with Crippen LogP contribution in [0.4, 0.5) is 0 Å². The van der Waals surface area contributed by atoms with Crippen molar-refractivity contribution in [3.63, 3.8) is 0 Å². The van der Waals surface area contributed by atoms with E-state index in [0.29, 0.717) is 25.9 Å². The molecule has 4 amide bonds. The monoisotopic (exact) mass is 473 g/mol. The Morgan fingerprint density at radius 2 is 1.88 bits per heavy atom. The fraction of sp³-hybridized carbons (Fsp3) is 0.800. The molecule has 3 rings (SSSR count). The number of amides is 4. The number of hydrogen-bond donors (Lipinski definition) is 3. The summed E-state index contributed by atoms with van der Waals surface area (Å²) in [7, 11) is 0. The number of carbonyl (C=O) groups is 4. The molecule has 0 unspecified atom stereocenters. The predicted molar refractivity (Wildman–Crippen MR) is 126 cm³/mol. The maximum Gasteiger partial charge on any atom is 0.245 e. The first kappa shape index (κ1) is 26.0. The fourth-order valence-corrected chi connectivity index (χ4v) is 5.60. The highest BCUT2D eigenvalue weighted by Crippen LogP contribution is 2.64. The van der Waals surface area contributed by atoms with Crippen LogP contribution in [0.15, 0.2) is 0 Å². The maximum atomic E-state index is 13.6. The van der Waals surface area contributed by atoms with Gasteiger partial charge in [0.05, 0.1) is 6.07 Å². The summed E-state index contributed by atoms with van der Waals surface area (Å²) in [6.07, 6.45) is 1.39. The number of hydrogen-bond acceptors (Lipinski definition) is 5. The molecule has 34 heavy (non-hydrogen) atoms. The molecule has 9 nitrogen and oxygen atoms in total. The van der Waals surface area contributed by atoms with Crippen molar-refractivity contribution in [3.8, 4) is 6.07 Å². The molecule has 3 N–H and O–H groups in total. The van der Waals surface area contributed by atoms with Crippen molar-refractivity contribution in [2.75, 3.05) is 13.1 Å². The second-order valence-electron chi connectivity index (χ2n) is 11.4. The zero-order valence-corrected chi connectivity index (χ0v) is 21.2. The van der Waals surface area contributed by atoms with Gasteiger partial charge in [-0.15, -0.1) is 0 Å². The SMILES string of the molecule is CC(C)C[C@H](NC(=O)C(C)C)C(=O)N1C[C@H]2[C@@H]([C@H]1C(=O)N[C@H](C#N)C[C@@H]1CCNC1=O)C2(C)C. The minimum Gasteiger partial charge on any atom is -0.356 e. The molecule has 1 aliphatic carbocycles. The highest BCUT2D eigenvalue weighted by molar-refractivity contribution is 5.94. The van der Waals surface area contributed by atoms with Crippen LogP contribution in [0.2, 0.25) is 0 Å². The number of piperidine rings is 1. The van der Waals surface area contributed by atoms with E-state index in [1.807, 2.05) is 13.8 Å². The van der Waals surface area contributed by atoms with Gasteiger partial charge in [0.15, 0.2) is 0 Å². The molecule has 0 aromatic carbocycles. The van der Waals surface area contributed by atoms with E-state index in [2.05, 4.69) is 35.9 Å². The van der Waals surface area contributed by atoms with E-state index in [1.54, 1.807) is 18.7 Å². The van der Waals surface area contributed by atoms with Crippen LogP contribution in [0.1, 0.15) is 60.8 Å². The molecule has 2 aliphatic heterocycles. The largest absolute Gasteiger partial charge is 0.356 e. The molecule has 6 atom stereocenters. The smallest absolute Gasteiger partial charge is 0.245 e. The van der Waals surface area contributed by atoms with Crippen LogP contribution in [0.5, 0.6) is 0 Å². The molecule has 0 aromatic heterocycles. The number of nitrogens with zero attached hydrogens (tertiary/aromatic N) is 2. The van der Waals surface area contributed by atoms with Gasteiger partial charge in [0.1, 0.15) is 18.1 Å². The van der Waals surface area contributed by atoms with Crippen molar-refractivity contribution in [2.24, 2.45) is 35.0 Å². The third-order valence-electron chi connectivity index (χ3n) is 7.76. The van der Waals surface area contributed by atoms with Crippen LogP contribution in [0.3, 0.4) is 0 Å². The van der Waals surface area contributed by atoms with Crippen molar-refractivity contribution in [3.05, 3.63) is 0 Å². The molecule has 2 heterocycles. The summed E-state index contributed by atoms with van der Waals surface area (Å²) < 4.78 is 0. The second-order valence-corrected chi connectivity index (χ2v) is 11.4. The molecule has 188 valence electrons. The molecule has 0 bridgehead atoms. The van der Waals surface area contributed by atoms with E-state index in [9.17, 15) is 24.4 Å². The molecule has 3 fully saturated rings. The number of nitrogens with one attached hydrogen (secondary N) is 3. The van der Waals surface area contributed by atoms with Gasteiger partial charge >= 0.3 is 0 Å². The summed E-state index contributed by atoms with van der Waals surface area (Å²) >= 11 is 0. The highest BCUT2D eigenvalue weighted by Gasteiger charge is 2.69. The molecule has 0 spiro atoms.